The Kier molecular flexibility index (Phi) is 4.88. The average molecular weight is 336 g/mol. The predicted octanol–water partition coefficient (Wildman–Crippen LogP) is 2.37. The number of hydrogen-bond donors (Lipinski definition) is 1. The summed E-state index contributed by atoms with van der Waals surface area (Å²) >= 11 is 0. The Morgan fingerprint density at radius 3 is 2.64 bits per heavy atom. The van der Waals surface area contributed by atoms with Crippen LogP contribution in [0.15, 0.2) is 53.3 Å². The minimum absolute atomic E-state index is 0.0903. The van der Waals surface area contributed by atoms with Gasteiger partial charge in [0.1, 0.15) is 5.52 Å². The van der Waals surface area contributed by atoms with Crippen LogP contribution in [0, 0.1) is 6.92 Å². The third-order valence-corrected chi connectivity index (χ3v) is 4.13. The van der Waals surface area contributed by atoms with Gasteiger partial charge in [-0.05, 0) is 31.5 Å². The molecule has 1 atom stereocenters. The molecule has 25 heavy (non-hydrogen) atoms. The molecule has 0 aliphatic heterocycles. The van der Waals surface area contributed by atoms with Crippen LogP contribution in [0.1, 0.15) is 30.5 Å². The molecule has 128 valence electrons. The highest BCUT2D eigenvalue weighted by Crippen LogP contribution is 2.13. The first kappa shape index (κ1) is 16.8. The fourth-order valence-corrected chi connectivity index (χ4v) is 2.63. The van der Waals surface area contributed by atoms with Crippen molar-refractivity contribution in [2.45, 2.75) is 32.9 Å². The molecule has 2 aromatic carbocycles. The maximum absolute atomic E-state index is 12.3. The van der Waals surface area contributed by atoms with E-state index in [4.69, 9.17) is 0 Å². The molecule has 1 N–H and O–H groups in total. The van der Waals surface area contributed by atoms with E-state index in [1.807, 2.05) is 38.1 Å². The fourth-order valence-electron chi connectivity index (χ4n) is 2.63. The maximum Gasteiger partial charge on any atom is 0.277 e. The third kappa shape index (κ3) is 3.91. The van der Waals surface area contributed by atoms with Crippen molar-refractivity contribution in [3.05, 3.63) is 70.0 Å². The lowest BCUT2D eigenvalue weighted by molar-refractivity contribution is -0.122. The predicted molar refractivity (Wildman–Crippen MR) is 96.2 cm³/mol. The van der Waals surface area contributed by atoms with E-state index in [-0.39, 0.29) is 30.5 Å². The lowest BCUT2D eigenvalue weighted by Crippen LogP contribution is -2.30. The molecule has 0 saturated heterocycles. The normalized spacial score (nSPS) is 12.1. The number of benzene rings is 2. The number of carbonyl (C=O) groups excluding carboxylic acids is 1. The van der Waals surface area contributed by atoms with Crippen LogP contribution >= 0.6 is 0 Å². The van der Waals surface area contributed by atoms with Gasteiger partial charge in [-0.25, -0.2) is 4.68 Å². The first-order valence-corrected chi connectivity index (χ1v) is 8.23. The molecule has 1 aromatic heterocycles. The number of amides is 1. The lowest BCUT2D eigenvalue weighted by Gasteiger charge is -2.14. The van der Waals surface area contributed by atoms with Crippen molar-refractivity contribution in [2.24, 2.45) is 0 Å². The van der Waals surface area contributed by atoms with E-state index in [0.29, 0.717) is 10.9 Å². The maximum atomic E-state index is 12.3. The second-order valence-corrected chi connectivity index (χ2v) is 6.08. The van der Waals surface area contributed by atoms with Crippen molar-refractivity contribution in [2.75, 3.05) is 0 Å². The van der Waals surface area contributed by atoms with Gasteiger partial charge in [-0.2, -0.15) is 0 Å². The number of nitrogens with zero attached hydrogens (tertiary/aromatic N) is 3. The molecule has 0 saturated carbocycles. The van der Waals surface area contributed by atoms with Crippen LogP contribution < -0.4 is 10.9 Å². The first-order chi connectivity index (χ1) is 12.0. The van der Waals surface area contributed by atoms with E-state index in [1.54, 1.807) is 24.3 Å². The molecule has 1 amide bonds. The van der Waals surface area contributed by atoms with Gasteiger partial charge in [-0.3, -0.25) is 9.59 Å². The summed E-state index contributed by atoms with van der Waals surface area (Å²) in [5.74, 6) is -0.130. The number of carbonyl (C=O) groups is 1. The van der Waals surface area contributed by atoms with Crippen LogP contribution in [-0.2, 0) is 11.3 Å². The average Bonchev–Trinajstić information content (AvgIpc) is 2.62. The second kappa shape index (κ2) is 7.25. The van der Waals surface area contributed by atoms with Gasteiger partial charge < -0.3 is 5.32 Å². The molecule has 0 spiro atoms. The van der Waals surface area contributed by atoms with Crippen molar-refractivity contribution in [3.8, 4) is 0 Å². The van der Waals surface area contributed by atoms with E-state index in [9.17, 15) is 9.59 Å². The van der Waals surface area contributed by atoms with Crippen LogP contribution in [0.3, 0.4) is 0 Å². The number of rotatable bonds is 5. The van der Waals surface area contributed by atoms with E-state index in [0.717, 1.165) is 5.56 Å². The molecule has 1 unspecified atom stereocenters. The third-order valence-electron chi connectivity index (χ3n) is 4.13. The van der Waals surface area contributed by atoms with E-state index < -0.39 is 0 Å². The molecule has 3 aromatic rings. The summed E-state index contributed by atoms with van der Waals surface area (Å²) in [4.78, 5) is 24.5. The molecule has 0 aliphatic rings. The standard InChI is InChI=1S/C19H20N4O2/c1-13-7-9-15(10-8-13)14(2)20-18(24)11-12-23-19(25)16-5-3-4-6-17(16)21-22-23/h3-10,14H,11-12H2,1-2H3,(H,20,24). The highest BCUT2D eigenvalue weighted by atomic mass is 16.2. The van der Waals surface area contributed by atoms with Gasteiger partial charge in [-0.1, -0.05) is 47.2 Å². The summed E-state index contributed by atoms with van der Waals surface area (Å²) in [5, 5.41) is 11.4. The van der Waals surface area contributed by atoms with Gasteiger partial charge in [-0.15, -0.1) is 5.10 Å². The summed E-state index contributed by atoms with van der Waals surface area (Å²) in [5.41, 5.74) is 2.55. The smallest absolute Gasteiger partial charge is 0.277 e. The topological polar surface area (TPSA) is 76.9 Å². The molecular formula is C19H20N4O2. The molecule has 0 bridgehead atoms. The molecule has 0 radical (unpaired) electrons. The van der Waals surface area contributed by atoms with E-state index >= 15 is 0 Å². The zero-order valence-corrected chi connectivity index (χ0v) is 14.3. The van der Waals surface area contributed by atoms with Crippen LogP contribution in [0.2, 0.25) is 0 Å². The summed E-state index contributed by atoms with van der Waals surface area (Å²) in [6.45, 7) is 4.16. The van der Waals surface area contributed by atoms with E-state index in [1.165, 1.54) is 10.2 Å². The Bertz CT molecular complexity index is 948. The summed E-state index contributed by atoms with van der Waals surface area (Å²) < 4.78 is 1.23. The van der Waals surface area contributed by atoms with Crippen molar-refractivity contribution < 1.29 is 4.79 Å². The Morgan fingerprint density at radius 1 is 1.16 bits per heavy atom. The van der Waals surface area contributed by atoms with Gasteiger partial charge in [0.2, 0.25) is 5.91 Å². The zero-order chi connectivity index (χ0) is 17.8. The molecule has 0 fully saturated rings. The van der Waals surface area contributed by atoms with Gasteiger partial charge in [0.25, 0.3) is 5.56 Å². The second-order valence-electron chi connectivity index (χ2n) is 6.08. The summed E-state index contributed by atoms with van der Waals surface area (Å²) in [6.07, 6.45) is 0.170. The number of fused-ring (bicyclic) bond motifs is 1. The van der Waals surface area contributed by atoms with Crippen molar-refractivity contribution >= 4 is 16.8 Å². The number of aryl methyl sites for hydroxylation is 2. The van der Waals surface area contributed by atoms with Crippen molar-refractivity contribution in [3.63, 3.8) is 0 Å². The molecule has 0 aliphatic carbocycles. The first-order valence-electron chi connectivity index (χ1n) is 8.23. The Hall–Kier alpha value is -3.02. The number of hydrogen-bond acceptors (Lipinski definition) is 4. The molecule has 1 heterocycles. The Morgan fingerprint density at radius 2 is 1.88 bits per heavy atom. The SMILES string of the molecule is Cc1ccc(C(C)NC(=O)CCn2nnc3ccccc3c2=O)cc1. The number of nitrogens with one attached hydrogen (secondary N) is 1. The highest BCUT2D eigenvalue weighted by Gasteiger charge is 2.11. The van der Waals surface area contributed by atoms with Gasteiger partial charge in [0.15, 0.2) is 0 Å². The summed E-state index contributed by atoms with van der Waals surface area (Å²) in [6, 6.07) is 15.0. The molecular weight excluding hydrogens is 316 g/mol. The van der Waals surface area contributed by atoms with Crippen LogP contribution in [0.5, 0.6) is 0 Å². The zero-order valence-electron chi connectivity index (χ0n) is 14.3. The minimum Gasteiger partial charge on any atom is -0.350 e. The van der Waals surface area contributed by atoms with Crippen molar-refractivity contribution in [1.82, 2.24) is 20.3 Å². The van der Waals surface area contributed by atoms with E-state index in [2.05, 4.69) is 15.6 Å². The number of aromatic nitrogens is 3. The van der Waals surface area contributed by atoms with Crippen LogP contribution in [0.4, 0.5) is 0 Å². The van der Waals surface area contributed by atoms with Crippen molar-refractivity contribution in [1.29, 1.82) is 0 Å². The van der Waals surface area contributed by atoms with Gasteiger partial charge in [0.05, 0.1) is 18.0 Å². The van der Waals surface area contributed by atoms with Gasteiger partial charge in [0, 0.05) is 6.42 Å². The monoisotopic (exact) mass is 336 g/mol. The molecule has 6 nitrogen and oxygen atoms in total. The quantitative estimate of drug-likeness (QED) is 0.776. The lowest BCUT2D eigenvalue weighted by atomic mass is 10.1. The van der Waals surface area contributed by atoms with Gasteiger partial charge >= 0.3 is 0 Å². The Balaban J connectivity index is 1.63. The molecule has 6 heteroatoms. The van der Waals surface area contributed by atoms with Crippen LogP contribution in [-0.4, -0.2) is 20.9 Å². The molecule has 3 rings (SSSR count). The summed E-state index contributed by atoms with van der Waals surface area (Å²) in [7, 11) is 0. The highest BCUT2D eigenvalue weighted by molar-refractivity contribution is 5.77. The van der Waals surface area contributed by atoms with Crippen LogP contribution in [0.25, 0.3) is 10.9 Å². The Labute approximate surface area is 145 Å². The minimum atomic E-state index is -0.231. The largest absolute Gasteiger partial charge is 0.350 e. The fraction of sp³-hybridized carbons (Fsp3) is 0.263.